The minimum absolute atomic E-state index is 0.00789. The Balaban J connectivity index is 1.79. The number of anilines is 1. The maximum Gasteiger partial charge on any atom is 0.319 e. The number of likely N-dealkylation sites (tertiary alicyclic amines) is 1. The minimum Gasteiger partial charge on any atom is -0.365 e. The Morgan fingerprint density at radius 3 is 2.81 bits per heavy atom. The summed E-state index contributed by atoms with van der Waals surface area (Å²) in [5.74, 6) is 0.933. The molecule has 8 heteroatoms. The van der Waals surface area contributed by atoms with Gasteiger partial charge in [-0.25, -0.2) is 9.78 Å². The van der Waals surface area contributed by atoms with Gasteiger partial charge in [0, 0.05) is 45.9 Å². The molecule has 142 valence electrons. The first-order valence-electron chi connectivity index (χ1n) is 8.88. The van der Waals surface area contributed by atoms with Crippen molar-refractivity contribution in [1.29, 1.82) is 5.41 Å². The molecule has 1 aliphatic heterocycles. The van der Waals surface area contributed by atoms with Crippen LogP contribution in [0.4, 0.5) is 10.6 Å². The lowest BCUT2D eigenvalue weighted by atomic mass is 10.1. The number of hydrogen-bond donors (Lipinski definition) is 3. The number of benzene rings is 1. The van der Waals surface area contributed by atoms with E-state index in [2.05, 4.69) is 15.3 Å². The van der Waals surface area contributed by atoms with E-state index >= 15 is 0 Å². The van der Waals surface area contributed by atoms with E-state index < -0.39 is 0 Å². The number of rotatable bonds is 5. The molecule has 8 nitrogen and oxygen atoms in total. The normalized spacial score (nSPS) is 16.2. The summed E-state index contributed by atoms with van der Waals surface area (Å²) in [4.78, 5) is 35.1. The van der Waals surface area contributed by atoms with Crippen LogP contribution in [-0.2, 0) is 6.42 Å². The van der Waals surface area contributed by atoms with Gasteiger partial charge < -0.3 is 25.5 Å². The highest BCUT2D eigenvalue weighted by atomic mass is 16.2. The summed E-state index contributed by atoms with van der Waals surface area (Å²) in [5, 5.41) is 10.8. The highest BCUT2D eigenvalue weighted by Gasteiger charge is 2.28. The predicted molar refractivity (Wildman–Crippen MR) is 105 cm³/mol. The molecule has 1 aromatic carbocycles. The van der Waals surface area contributed by atoms with Gasteiger partial charge in [-0.05, 0) is 12.0 Å². The van der Waals surface area contributed by atoms with Gasteiger partial charge in [0.2, 0.25) is 0 Å². The lowest BCUT2D eigenvalue weighted by molar-refractivity contribution is 0.181. The fourth-order valence-electron chi connectivity index (χ4n) is 3.17. The smallest absolute Gasteiger partial charge is 0.319 e. The number of amides is 2. The summed E-state index contributed by atoms with van der Waals surface area (Å²) in [6, 6.07) is 9.72. The van der Waals surface area contributed by atoms with Crippen molar-refractivity contribution in [2.45, 2.75) is 18.9 Å². The Bertz CT molecular complexity index is 878. The first-order valence-corrected chi connectivity index (χ1v) is 8.88. The molecule has 27 heavy (non-hydrogen) atoms. The lowest BCUT2D eigenvalue weighted by Crippen LogP contribution is -2.39. The second-order valence-electron chi connectivity index (χ2n) is 6.83. The van der Waals surface area contributed by atoms with Crippen LogP contribution in [0.5, 0.6) is 0 Å². The SMILES string of the molecule is CN(C)C(=O)N1CCC(Nc2nc(Cc3ccccc3)[nH]c(=O)c2C=N)C1. The number of carbonyl (C=O) groups excluding carboxylic acids is 1. The molecule has 2 heterocycles. The van der Waals surface area contributed by atoms with Gasteiger partial charge in [0.25, 0.3) is 5.56 Å². The van der Waals surface area contributed by atoms with E-state index in [1.165, 1.54) is 0 Å². The molecule has 1 aliphatic rings. The molecule has 0 aliphatic carbocycles. The van der Waals surface area contributed by atoms with Crippen molar-refractivity contribution >= 4 is 18.1 Å². The van der Waals surface area contributed by atoms with E-state index in [1.54, 1.807) is 23.9 Å². The lowest BCUT2D eigenvalue weighted by Gasteiger charge is -2.21. The Labute approximate surface area is 157 Å². The molecule has 3 N–H and O–H groups in total. The zero-order valence-electron chi connectivity index (χ0n) is 15.5. The quantitative estimate of drug-likeness (QED) is 0.696. The number of aromatic nitrogens is 2. The molecule has 0 spiro atoms. The van der Waals surface area contributed by atoms with Gasteiger partial charge in [0.15, 0.2) is 0 Å². The number of aromatic amines is 1. The third-order valence-electron chi connectivity index (χ3n) is 4.55. The van der Waals surface area contributed by atoms with E-state index in [0.29, 0.717) is 31.2 Å². The average molecular weight is 368 g/mol. The molecule has 0 radical (unpaired) electrons. The van der Waals surface area contributed by atoms with E-state index in [-0.39, 0.29) is 23.2 Å². The van der Waals surface area contributed by atoms with Crippen LogP contribution in [0, 0.1) is 5.41 Å². The first kappa shape index (κ1) is 18.6. The summed E-state index contributed by atoms with van der Waals surface area (Å²) >= 11 is 0. The van der Waals surface area contributed by atoms with Crippen LogP contribution in [0.2, 0.25) is 0 Å². The zero-order valence-corrected chi connectivity index (χ0v) is 15.5. The average Bonchev–Trinajstić information content (AvgIpc) is 3.10. The van der Waals surface area contributed by atoms with Crippen LogP contribution in [0.15, 0.2) is 35.1 Å². The second kappa shape index (κ2) is 8.03. The predicted octanol–water partition coefficient (Wildman–Crippen LogP) is 1.53. The first-order chi connectivity index (χ1) is 13.0. The summed E-state index contributed by atoms with van der Waals surface area (Å²) in [6.07, 6.45) is 2.27. The summed E-state index contributed by atoms with van der Waals surface area (Å²) in [6.45, 7) is 1.19. The fraction of sp³-hybridized carbons (Fsp3) is 0.368. The summed E-state index contributed by atoms with van der Waals surface area (Å²) in [7, 11) is 3.45. The minimum atomic E-state index is -0.340. The number of carbonyl (C=O) groups is 1. The maximum absolute atomic E-state index is 12.4. The highest BCUT2D eigenvalue weighted by Crippen LogP contribution is 2.17. The summed E-state index contributed by atoms with van der Waals surface area (Å²) in [5.41, 5.74) is 0.898. The molecular formula is C19H24N6O2. The van der Waals surface area contributed by atoms with E-state index in [4.69, 9.17) is 5.41 Å². The molecule has 0 saturated carbocycles. The van der Waals surface area contributed by atoms with Crippen molar-refractivity contribution in [3.05, 3.63) is 57.6 Å². The molecule has 1 unspecified atom stereocenters. The summed E-state index contributed by atoms with van der Waals surface area (Å²) < 4.78 is 0. The molecule has 1 fully saturated rings. The molecule has 2 amide bonds. The number of H-pyrrole nitrogens is 1. The van der Waals surface area contributed by atoms with Crippen molar-refractivity contribution in [2.24, 2.45) is 0 Å². The molecule has 2 aromatic rings. The molecule has 1 atom stereocenters. The number of nitrogens with one attached hydrogen (secondary N) is 3. The Morgan fingerprint density at radius 1 is 1.41 bits per heavy atom. The second-order valence-corrected chi connectivity index (χ2v) is 6.83. The van der Waals surface area contributed by atoms with Crippen molar-refractivity contribution in [3.8, 4) is 0 Å². The largest absolute Gasteiger partial charge is 0.365 e. The Kier molecular flexibility index (Phi) is 5.54. The van der Waals surface area contributed by atoms with Gasteiger partial charge in [-0.2, -0.15) is 0 Å². The van der Waals surface area contributed by atoms with E-state index in [1.807, 2.05) is 30.3 Å². The van der Waals surface area contributed by atoms with Gasteiger partial charge in [0.1, 0.15) is 11.6 Å². The van der Waals surface area contributed by atoms with E-state index in [9.17, 15) is 9.59 Å². The molecule has 1 aromatic heterocycles. The molecular weight excluding hydrogens is 344 g/mol. The number of nitrogens with zero attached hydrogens (tertiary/aromatic N) is 3. The highest BCUT2D eigenvalue weighted by molar-refractivity contribution is 5.83. The fourth-order valence-corrected chi connectivity index (χ4v) is 3.17. The molecule has 0 bridgehead atoms. The van der Waals surface area contributed by atoms with Gasteiger partial charge in [-0.1, -0.05) is 30.3 Å². The van der Waals surface area contributed by atoms with Crippen LogP contribution in [0.25, 0.3) is 0 Å². The van der Waals surface area contributed by atoms with Gasteiger partial charge in [-0.15, -0.1) is 0 Å². The van der Waals surface area contributed by atoms with Crippen LogP contribution in [0.3, 0.4) is 0 Å². The van der Waals surface area contributed by atoms with Crippen LogP contribution in [-0.4, -0.2) is 65.2 Å². The number of urea groups is 1. The Morgan fingerprint density at radius 2 is 2.15 bits per heavy atom. The molecule has 3 rings (SSSR count). The third kappa shape index (κ3) is 4.33. The Hall–Kier alpha value is -3.16. The van der Waals surface area contributed by atoms with Gasteiger partial charge >= 0.3 is 6.03 Å². The third-order valence-corrected chi connectivity index (χ3v) is 4.55. The monoisotopic (exact) mass is 368 g/mol. The van der Waals surface area contributed by atoms with Gasteiger partial charge in [-0.3, -0.25) is 4.79 Å². The van der Waals surface area contributed by atoms with Crippen molar-refractivity contribution in [1.82, 2.24) is 19.8 Å². The molecule has 1 saturated heterocycles. The topological polar surface area (TPSA) is 105 Å². The standard InChI is InChI=1S/C19H24N6O2/c1-24(2)19(27)25-9-8-14(12-25)21-17-15(11-20)18(26)23-16(22-17)10-13-6-4-3-5-7-13/h3-7,11,14,20H,8-10,12H2,1-2H3,(H2,21,22,23,26). The van der Waals surface area contributed by atoms with Gasteiger partial charge in [0.05, 0.1) is 5.56 Å². The van der Waals surface area contributed by atoms with Crippen LogP contribution in [0.1, 0.15) is 23.4 Å². The zero-order chi connectivity index (χ0) is 19.4. The van der Waals surface area contributed by atoms with Crippen LogP contribution < -0.4 is 10.9 Å². The van der Waals surface area contributed by atoms with Crippen molar-refractivity contribution in [3.63, 3.8) is 0 Å². The number of hydrogen-bond acceptors (Lipinski definition) is 5. The van der Waals surface area contributed by atoms with Crippen molar-refractivity contribution in [2.75, 3.05) is 32.5 Å². The maximum atomic E-state index is 12.4. The van der Waals surface area contributed by atoms with Crippen LogP contribution >= 0.6 is 0 Å². The van der Waals surface area contributed by atoms with E-state index in [0.717, 1.165) is 18.2 Å². The van der Waals surface area contributed by atoms with Crippen molar-refractivity contribution < 1.29 is 4.79 Å².